The molecule has 1 aliphatic rings. The van der Waals surface area contributed by atoms with E-state index >= 15 is 0 Å². The van der Waals surface area contributed by atoms with Crippen LogP contribution in [-0.2, 0) is 15.5 Å². The first-order chi connectivity index (χ1) is 9.00. The summed E-state index contributed by atoms with van der Waals surface area (Å²) in [4.78, 5) is 0.601. The second-order valence-corrected chi connectivity index (χ2v) is 7.65. The molecule has 1 aromatic carbocycles. The van der Waals surface area contributed by atoms with E-state index in [1.165, 1.54) is 0 Å². The Bertz CT molecular complexity index is 505. The second kappa shape index (κ2) is 6.08. The quantitative estimate of drug-likeness (QED) is 0.836. The minimum absolute atomic E-state index is 0.545. The molecule has 19 heavy (non-hydrogen) atoms. The molecule has 1 heterocycles. The molecule has 2 rings (SSSR count). The smallest absolute Gasteiger partial charge is 0.121 e. The van der Waals surface area contributed by atoms with Crippen LogP contribution in [-0.4, -0.2) is 22.0 Å². The number of halogens is 2. The molecule has 0 aromatic heterocycles. The molecule has 1 aliphatic heterocycles. The van der Waals surface area contributed by atoms with Gasteiger partial charge in [0.15, 0.2) is 0 Å². The second-order valence-electron chi connectivity index (χ2n) is 4.57. The first kappa shape index (κ1) is 15.2. The molecule has 1 fully saturated rings. The highest BCUT2D eigenvalue weighted by Crippen LogP contribution is 2.40. The summed E-state index contributed by atoms with van der Waals surface area (Å²) in [7, 11) is 0.711. The van der Waals surface area contributed by atoms with Crippen molar-refractivity contribution in [1.82, 2.24) is 5.32 Å². The lowest BCUT2D eigenvalue weighted by atomic mass is 9.91. The van der Waals surface area contributed by atoms with E-state index in [4.69, 9.17) is 35.4 Å². The normalized spacial score (nSPS) is 27.0. The van der Waals surface area contributed by atoms with Crippen molar-refractivity contribution in [2.45, 2.75) is 24.0 Å². The zero-order valence-electron chi connectivity index (χ0n) is 10.5. The molecule has 0 radical (unpaired) electrons. The topological polar surface area (TPSA) is 29.1 Å². The third kappa shape index (κ3) is 2.82. The van der Waals surface area contributed by atoms with Crippen molar-refractivity contribution in [2.24, 2.45) is 0 Å². The number of nitrogens with one attached hydrogen (secondary N) is 1. The largest absolute Gasteiger partial charge is 0.381 e. The third-order valence-corrected chi connectivity index (χ3v) is 6.62. The molecule has 2 atom stereocenters. The number of thiocarbonyl (C=S) groups is 1. The summed E-state index contributed by atoms with van der Waals surface area (Å²) in [6.45, 7) is 0. The monoisotopic (exact) mass is 335 g/mol. The lowest BCUT2D eigenvalue weighted by molar-refractivity contribution is 0.574. The molecule has 0 spiro atoms. The molecular formula is C13H15Cl2NOS2. The zero-order valence-corrected chi connectivity index (χ0v) is 13.7. The van der Waals surface area contributed by atoms with Crippen LogP contribution in [0.15, 0.2) is 18.2 Å². The van der Waals surface area contributed by atoms with E-state index < -0.39 is 15.5 Å². The molecule has 0 amide bonds. The first-order valence-corrected chi connectivity index (χ1v) is 8.56. The van der Waals surface area contributed by atoms with E-state index in [1.54, 1.807) is 13.1 Å². The SMILES string of the molecule is CNC(=S)[C@]1(c2cc(Cl)cc(Cl)c2)CCCC[S@@]1=O. The van der Waals surface area contributed by atoms with Crippen molar-refractivity contribution < 1.29 is 4.21 Å². The number of benzene rings is 1. The van der Waals surface area contributed by atoms with Crippen LogP contribution in [0.5, 0.6) is 0 Å². The molecule has 0 unspecified atom stereocenters. The minimum Gasteiger partial charge on any atom is -0.381 e. The maximum atomic E-state index is 12.6. The summed E-state index contributed by atoms with van der Waals surface area (Å²) in [6, 6.07) is 5.31. The van der Waals surface area contributed by atoms with Gasteiger partial charge in [-0.1, -0.05) is 41.8 Å². The van der Waals surface area contributed by atoms with Gasteiger partial charge in [0, 0.05) is 33.6 Å². The van der Waals surface area contributed by atoms with Gasteiger partial charge in [0.1, 0.15) is 4.75 Å². The number of hydrogen-bond donors (Lipinski definition) is 1. The molecule has 1 N–H and O–H groups in total. The van der Waals surface area contributed by atoms with Gasteiger partial charge in [-0.25, -0.2) is 0 Å². The Hall–Kier alpha value is -0.160. The zero-order chi connectivity index (χ0) is 14.0. The van der Waals surface area contributed by atoms with Gasteiger partial charge in [0.2, 0.25) is 0 Å². The van der Waals surface area contributed by atoms with E-state index in [1.807, 2.05) is 12.1 Å². The van der Waals surface area contributed by atoms with Crippen molar-refractivity contribution in [1.29, 1.82) is 0 Å². The van der Waals surface area contributed by atoms with Crippen molar-refractivity contribution in [3.63, 3.8) is 0 Å². The molecule has 1 saturated heterocycles. The van der Waals surface area contributed by atoms with Crippen molar-refractivity contribution in [3.8, 4) is 0 Å². The summed E-state index contributed by atoms with van der Waals surface area (Å²) in [5.41, 5.74) is 0.849. The van der Waals surface area contributed by atoms with Crippen molar-refractivity contribution in [2.75, 3.05) is 12.8 Å². The standard InChI is InChI=1S/C13H15Cl2NOS2/c1-16-12(18)13(4-2-3-5-19(13)17)9-6-10(14)8-11(15)7-9/h6-8H,2-5H2,1H3,(H,16,18)/t13-,19+/m1/s1. The van der Waals surface area contributed by atoms with Gasteiger partial charge in [0.25, 0.3) is 0 Å². The molecule has 0 aliphatic carbocycles. The van der Waals surface area contributed by atoms with Gasteiger partial charge in [-0.2, -0.15) is 0 Å². The van der Waals surface area contributed by atoms with Gasteiger partial charge in [-0.05, 0) is 36.6 Å². The van der Waals surface area contributed by atoms with Crippen LogP contribution < -0.4 is 5.32 Å². The highest BCUT2D eigenvalue weighted by molar-refractivity contribution is 7.90. The van der Waals surface area contributed by atoms with Crippen LogP contribution in [0.1, 0.15) is 24.8 Å². The third-order valence-electron chi connectivity index (χ3n) is 3.42. The molecule has 104 valence electrons. The average Bonchev–Trinajstić information content (AvgIpc) is 2.37. The lowest BCUT2D eigenvalue weighted by Gasteiger charge is -2.37. The maximum Gasteiger partial charge on any atom is 0.121 e. The Morgan fingerprint density at radius 2 is 1.95 bits per heavy atom. The Morgan fingerprint density at radius 1 is 1.32 bits per heavy atom. The van der Waals surface area contributed by atoms with Crippen LogP contribution in [0, 0.1) is 0 Å². The molecule has 6 heteroatoms. The van der Waals surface area contributed by atoms with E-state index in [0.717, 1.165) is 24.8 Å². The molecule has 0 saturated carbocycles. The number of rotatable bonds is 2. The fourth-order valence-electron chi connectivity index (χ4n) is 2.51. The lowest BCUT2D eigenvalue weighted by Crippen LogP contribution is -2.47. The van der Waals surface area contributed by atoms with Crippen LogP contribution >= 0.6 is 35.4 Å². The summed E-state index contributed by atoms with van der Waals surface area (Å²) in [6.07, 6.45) is 2.72. The average molecular weight is 336 g/mol. The number of likely N-dealkylation sites (N-methyl/N-ethyl adjacent to an activating group) is 1. The van der Waals surface area contributed by atoms with Crippen LogP contribution in [0.3, 0.4) is 0 Å². The van der Waals surface area contributed by atoms with Gasteiger partial charge in [-0.15, -0.1) is 0 Å². The molecule has 1 aromatic rings. The Morgan fingerprint density at radius 3 is 2.47 bits per heavy atom. The van der Waals surface area contributed by atoms with Crippen LogP contribution in [0.2, 0.25) is 10.0 Å². The highest BCUT2D eigenvalue weighted by Gasteiger charge is 2.44. The summed E-state index contributed by atoms with van der Waals surface area (Å²) >= 11 is 17.6. The first-order valence-electron chi connectivity index (χ1n) is 6.08. The summed E-state index contributed by atoms with van der Waals surface area (Å²) in [5, 5.41) is 4.09. The van der Waals surface area contributed by atoms with E-state index in [0.29, 0.717) is 20.8 Å². The minimum atomic E-state index is -1.06. The van der Waals surface area contributed by atoms with Crippen LogP contribution in [0.4, 0.5) is 0 Å². The fourth-order valence-corrected chi connectivity index (χ4v) is 5.41. The summed E-state index contributed by atoms with van der Waals surface area (Å²) in [5.74, 6) is 0.659. The van der Waals surface area contributed by atoms with E-state index in [9.17, 15) is 4.21 Å². The molecular weight excluding hydrogens is 321 g/mol. The Labute approximate surface area is 131 Å². The molecule has 0 bridgehead atoms. The summed E-state index contributed by atoms with van der Waals surface area (Å²) < 4.78 is 12.0. The maximum absolute atomic E-state index is 12.6. The Balaban J connectivity index is 2.60. The van der Waals surface area contributed by atoms with E-state index in [-0.39, 0.29) is 0 Å². The number of hydrogen-bond acceptors (Lipinski definition) is 2. The van der Waals surface area contributed by atoms with Gasteiger partial charge in [-0.3, -0.25) is 4.21 Å². The fraction of sp³-hybridized carbons (Fsp3) is 0.462. The van der Waals surface area contributed by atoms with Gasteiger partial charge < -0.3 is 5.32 Å². The van der Waals surface area contributed by atoms with Crippen LogP contribution in [0.25, 0.3) is 0 Å². The van der Waals surface area contributed by atoms with Gasteiger partial charge >= 0.3 is 0 Å². The van der Waals surface area contributed by atoms with Crippen molar-refractivity contribution in [3.05, 3.63) is 33.8 Å². The van der Waals surface area contributed by atoms with Gasteiger partial charge in [0.05, 0.1) is 4.99 Å². The predicted molar refractivity (Wildman–Crippen MR) is 86.7 cm³/mol. The predicted octanol–water partition coefficient (Wildman–Crippen LogP) is 3.67. The molecule has 2 nitrogen and oxygen atoms in total. The highest BCUT2D eigenvalue weighted by atomic mass is 35.5. The van der Waals surface area contributed by atoms with Crippen molar-refractivity contribution >= 4 is 51.2 Å². The Kier molecular flexibility index (Phi) is 4.88. The van der Waals surface area contributed by atoms with E-state index in [2.05, 4.69) is 5.32 Å².